The molecule has 1 aliphatic heterocycles. The molecule has 0 saturated carbocycles. The van der Waals surface area contributed by atoms with E-state index < -0.39 is 29.6 Å². The Labute approximate surface area is 211 Å². The second kappa shape index (κ2) is 11.8. The lowest BCUT2D eigenvalue weighted by atomic mass is 10.2. The number of hydrogen-bond acceptors (Lipinski definition) is 8. The fourth-order valence-electron chi connectivity index (χ4n) is 3.15. The summed E-state index contributed by atoms with van der Waals surface area (Å²) < 4.78 is 15.7. The lowest BCUT2D eigenvalue weighted by molar-refractivity contribution is -0.127. The van der Waals surface area contributed by atoms with Crippen LogP contribution in [0, 0.1) is 0 Å². The minimum absolute atomic E-state index is 0.0892. The summed E-state index contributed by atoms with van der Waals surface area (Å²) in [6, 6.07) is 9.43. The van der Waals surface area contributed by atoms with Gasteiger partial charge in [-0.25, -0.2) is 4.79 Å². The zero-order valence-electron chi connectivity index (χ0n) is 19.3. The first-order valence-corrected chi connectivity index (χ1v) is 11.8. The Morgan fingerprint density at radius 1 is 1.09 bits per heavy atom. The number of carbonyl (C=O) groups excluding carboxylic acids is 4. The van der Waals surface area contributed by atoms with Crippen molar-refractivity contribution in [3.8, 4) is 11.5 Å². The van der Waals surface area contributed by atoms with Crippen molar-refractivity contribution in [1.29, 1.82) is 0 Å². The quantitative estimate of drug-likeness (QED) is 0.379. The number of nitrogens with zero attached hydrogens (tertiary/aromatic N) is 1. The van der Waals surface area contributed by atoms with Crippen LogP contribution in [0.3, 0.4) is 0 Å². The van der Waals surface area contributed by atoms with Crippen molar-refractivity contribution in [1.82, 2.24) is 4.90 Å². The molecule has 11 heteroatoms. The summed E-state index contributed by atoms with van der Waals surface area (Å²) >= 11 is 6.77. The predicted octanol–water partition coefficient (Wildman–Crippen LogP) is 4.60. The maximum absolute atomic E-state index is 12.8. The van der Waals surface area contributed by atoms with Crippen molar-refractivity contribution in [2.45, 2.75) is 13.8 Å². The highest BCUT2D eigenvalue weighted by molar-refractivity contribution is 8.18. The monoisotopic (exact) mass is 518 g/mol. The Bertz CT molecular complexity index is 1200. The molecule has 1 saturated heterocycles. The van der Waals surface area contributed by atoms with Crippen LogP contribution in [0.5, 0.6) is 11.5 Å². The van der Waals surface area contributed by atoms with Crippen molar-refractivity contribution in [3.05, 3.63) is 57.5 Å². The molecule has 1 N–H and O–H groups in total. The number of benzene rings is 2. The standard InChI is InChI=1S/C24H23ClN2O7S/c1-4-33-19-10-14(6-9-18(19)32-3)11-20-22(29)27(24(31)35-20)13-21(28)26-15-7-8-17(25)16(12-15)23(30)34-5-2/h6-12H,4-5,13H2,1-3H3,(H,26,28)/b20-11+. The van der Waals surface area contributed by atoms with Gasteiger partial charge in [0.1, 0.15) is 6.54 Å². The highest BCUT2D eigenvalue weighted by Gasteiger charge is 2.36. The van der Waals surface area contributed by atoms with Gasteiger partial charge in [-0.15, -0.1) is 0 Å². The molecule has 0 atom stereocenters. The van der Waals surface area contributed by atoms with E-state index in [0.29, 0.717) is 23.7 Å². The average molecular weight is 519 g/mol. The van der Waals surface area contributed by atoms with Gasteiger partial charge < -0.3 is 19.5 Å². The Morgan fingerprint density at radius 2 is 1.86 bits per heavy atom. The molecule has 0 unspecified atom stereocenters. The number of hydrogen-bond donors (Lipinski definition) is 1. The molecule has 3 amide bonds. The van der Waals surface area contributed by atoms with Crippen LogP contribution in [-0.4, -0.2) is 54.8 Å². The van der Waals surface area contributed by atoms with Gasteiger partial charge in [-0.05, 0) is 67.6 Å². The molecule has 0 aromatic heterocycles. The summed E-state index contributed by atoms with van der Waals surface area (Å²) in [6.45, 7) is 3.60. The SMILES string of the molecule is CCOC(=O)c1cc(NC(=O)CN2C(=O)S/C(=C/c3ccc(OC)c(OCC)c3)C2=O)ccc1Cl. The first kappa shape index (κ1) is 26.1. The Morgan fingerprint density at radius 3 is 2.54 bits per heavy atom. The van der Waals surface area contributed by atoms with Crippen LogP contribution in [0.4, 0.5) is 10.5 Å². The molecule has 0 radical (unpaired) electrons. The molecule has 9 nitrogen and oxygen atoms in total. The minimum atomic E-state index is -0.629. The van der Waals surface area contributed by atoms with E-state index >= 15 is 0 Å². The zero-order chi connectivity index (χ0) is 25.5. The van der Waals surface area contributed by atoms with Crippen molar-refractivity contribution in [2.75, 3.05) is 32.2 Å². The molecule has 184 valence electrons. The predicted molar refractivity (Wildman–Crippen MR) is 133 cm³/mol. The molecule has 2 aromatic rings. The summed E-state index contributed by atoms with van der Waals surface area (Å²) in [5, 5.41) is 2.16. The summed E-state index contributed by atoms with van der Waals surface area (Å²) in [7, 11) is 1.52. The Kier molecular flexibility index (Phi) is 8.78. The minimum Gasteiger partial charge on any atom is -0.493 e. The molecule has 3 rings (SSSR count). The Balaban J connectivity index is 1.71. The first-order valence-electron chi connectivity index (χ1n) is 10.6. The van der Waals surface area contributed by atoms with E-state index in [9.17, 15) is 19.2 Å². The normalized spacial score (nSPS) is 14.3. The number of methoxy groups -OCH3 is 1. The van der Waals surface area contributed by atoms with Gasteiger partial charge >= 0.3 is 5.97 Å². The summed E-state index contributed by atoms with van der Waals surface area (Å²) in [5.74, 6) is -0.786. The third kappa shape index (κ3) is 6.34. The van der Waals surface area contributed by atoms with Gasteiger partial charge in [0.05, 0.1) is 35.8 Å². The molecule has 35 heavy (non-hydrogen) atoms. The second-order valence-electron chi connectivity index (χ2n) is 7.07. The third-order valence-electron chi connectivity index (χ3n) is 4.71. The number of amides is 3. The largest absolute Gasteiger partial charge is 0.493 e. The number of esters is 1. The highest BCUT2D eigenvalue weighted by Crippen LogP contribution is 2.34. The third-order valence-corrected chi connectivity index (χ3v) is 5.94. The van der Waals surface area contributed by atoms with Crippen LogP contribution in [0.25, 0.3) is 6.08 Å². The maximum atomic E-state index is 12.8. The van der Waals surface area contributed by atoms with E-state index in [1.807, 2.05) is 6.92 Å². The smallest absolute Gasteiger partial charge is 0.339 e. The van der Waals surface area contributed by atoms with Crippen molar-refractivity contribution >= 4 is 58.1 Å². The van der Waals surface area contributed by atoms with Crippen molar-refractivity contribution < 1.29 is 33.4 Å². The molecule has 2 aromatic carbocycles. The lowest BCUT2D eigenvalue weighted by Gasteiger charge is -2.13. The fourth-order valence-corrected chi connectivity index (χ4v) is 4.18. The van der Waals surface area contributed by atoms with Crippen molar-refractivity contribution in [2.24, 2.45) is 0 Å². The van der Waals surface area contributed by atoms with Gasteiger partial charge in [0.15, 0.2) is 11.5 Å². The average Bonchev–Trinajstić information content (AvgIpc) is 3.08. The van der Waals surface area contributed by atoms with Crippen LogP contribution in [0.15, 0.2) is 41.3 Å². The van der Waals surface area contributed by atoms with E-state index in [1.165, 1.54) is 25.3 Å². The van der Waals surface area contributed by atoms with E-state index in [1.54, 1.807) is 31.2 Å². The number of ether oxygens (including phenoxy) is 3. The number of rotatable bonds is 9. The summed E-state index contributed by atoms with van der Waals surface area (Å²) in [4.78, 5) is 50.8. The summed E-state index contributed by atoms with van der Waals surface area (Å²) in [5.41, 5.74) is 0.995. The number of halogens is 1. The van der Waals surface area contributed by atoms with Gasteiger partial charge in [-0.3, -0.25) is 19.3 Å². The molecule has 1 fully saturated rings. The topological polar surface area (TPSA) is 111 Å². The number of anilines is 1. The van der Waals surface area contributed by atoms with E-state index in [4.69, 9.17) is 25.8 Å². The summed E-state index contributed by atoms with van der Waals surface area (Å²) in [6.07, 6.45) is 1.55. The molecular weight excluding hydrogens is 496 g/mol. The fraction of sp³-hybridized carbons (Fsp3) is 0.250. The molecule has 1 heterocycles. The van der Waals surface area contributed by atoms with Crippen LogP contribution < -0.4 is 14.8 Å². The maximum Gasteiger partial charge on any atom is 0.339 e. The first-order chi connectivity index (χ1) is 16.8. The lowest BCUT2D eigenvalue weighted by Crippen LogP contribution is -2.36. The van der Waals surface area contributed by atoms with Crippen LogP contribution in [0.2, 0.25) is 5.02 Å². The highest BCUT2D eigenvalue weighted by atomic mass is 35.5. The Hall–Kier alpha value is -3.50. The molecule has 0 spiro atoms. The molecule has 1 aliphatic rings. The number of imide groups is 1. The van der Waals surface area contributed by atoms with Gasteiger partial charge in [0.25, 0.3) is 11.1 Å². The number of thioether (sulfide) groups is 1. The number of nitrogens with one attached hydrogen (secondary N) is 1. The van der Waals surface area contributed by atoms with Gasteiger partial charge in [-0.2, -0.15) is 0 Å². The van der Waals surface area contributed by atoms with Gasteiger partial charge in [0, 0.05) is 5.69 Å². The van der Waals surface area contributed by atoms with Crippen LogP contribution in [-0.2, 0) is 14.3 Å². The van der Waals surface area contributed by atoms with E-state index in [-0.39, 0.29) is 27.8 Å². The zero-order valence-corrected chi connectivity index (χ0v) is 20.8. The second-order valence-corrected chi connectivity index (χ2v) is 8.47. The molecular formula is C24H23ClN2O7S. The van der Waals surface area contributed by atoms with Gasteiger partial charge in [0.2, 0.25) is 5.91 Å². The molecule has 0 bridgehead atoms. The van der Waals surface area contributed by atoms with E-state index in [2.05, 4.69) is 5.32 Å². The van der Waals surface area contributed by atoms with Crippen LogP contribution in [0.1, 0.15) is 29.8 Å². The van der Waals surface area contributed by atoms with E-state index in [0.717, 1.165) is 16.7 Å². The van der Waals surface area contributed by atoms with Gasteiger partial charge in [-0.1, -0.05) is 17.7 Å². The number of carbonyl (C=O) groups is 4. The van der Waals surface area contributed by atoms with Crippen LogP contribution >= 0.6 is 23.4 Å². The van der Waals surface area contributed by atoms with Crippen molar-refractivity contribution in [3.63, 3.8) is 0 Å². The molecule has 0 aliphatic carbocycles.